The van der Waals surface area contributed by atoms with Crippen LogP contribution in [0.15, 0.2) is 11.6 Å². The van der Waals surface area contributed by atoms with Crippen LogP contribution >= 0.6 is 22.6 Å². The van der Waals surface area contributed by atoms with Crippen LogP contribution in [0.1, 0.15) is 40.0 Å². The summed E-state index contributed by atoms with van der Waals surface area (Å²) in [7, 11) is 0. The van der Waals surface area contributed by atoms with Crippen molar-refractivity contribution in [2.45, 2.75) is 44.0 Å². The van der Waals surface area contributed by atoms with Gasteiger partial charge in [0.25, 0.3) is 0 Å². The summed E-state index contributed by atoms with van der Waals surface area (Å²) in [6, 6.07) is 0. The minimum Gasteiger partial charge on any atom is -0.0847 e. The molecule has 1 spiro atoms. The van der Waals surface area contributed by atoms with Crippen molar-refractivity contribution < 1.29 is 0 Å². The molecule has 2 saturated carbocycles. The lowest BCUT2D eigenvalue weighted by atomic mass is 9.72. The van der Waals surface area contributed by atoms with Crippen LogP contribution in [0.5, 0.6) is 0 Å². The number of halogens is 1. The van der Waals surface area contributed by atoms with E-state index < -0.39 is 0 Å². The first-order valence-electron chi connectivity index (χ1n) is 6.39. The highest BCUT2D eigenvalue weighted by Gasteiger charge is 2.72. The van der Waals surface area contributed by atoms with Gasteiger partial charge in [0.2, 0.25) is 0 Å². The number of hydrogen-bond acceptors (Lipinski definition) is 0. The molecule has 3 aliphatic rings. The van der Waals surface area contributed by atoms with E-state index >= 15 is 0 Å². The Morgan fingerprint density at radius 3 is 2.87 bits per heavy atom. The van der Waals surface area contributed by atoms with Crippen molar-refractivity contribution in [1.29, 1.82) is 0 Å². The van der Waals surface area contributed by atoms with E-state index in [1.807, 2.05) is 0 Å². The van der Waals surface area contributed by atoms with E-state index in [1.165, 1.54) is 19.3 Å². The van der Waals surface area contributed by atoms with Crippen molar-refractivity contribution in [2.75, 3.05) is 0 Å². The van der Waals surface area contributed by atoms with E-state index in [-0.39, 0.29) is 0 Å². The van der Waals surface area contributed by atoms with Crippen LogP contribution < -0.4 is 0 Å². The van der Waals surface area contributed by atoms with Gasteiger partial charge < -0.3 is 0 Å². The number of fused-ring (bicyclic) bond motifs is 1. The summed E-state index contributed by atoms with van der Waals surface area (Å²) < 4.78 is 0.871. The molecule has 0 aromatic rings. The average Bonchev–Trinajstić information content (AvgIpc) is 2.75. The second-order valence-electron chi connectivity index (χ2n) is 6.09. The zero-order valence-electron chi connectivity index (χ0n) is 9.96. The fraction of sp³-hybridized carbons (Fsp3) is 0.857. The maximum atomic E-state index is 2.66. The number of hydrogen-bond donors (Lipinski definition) is 0. The van der Waals surface area contributed by atoms with E-state index in [9.17, 15) is 0 Å². The van der Waals surface area contributed by atoms with Gasteiger partial charge in [0, 0.05) is 3.92 Å². The molecule has 0 heterocycles. The summed E-state index contributed by atoms with van der Waals surface area (Å²) in [4.78, 5) is 0. The minimum atomic E-state index is 0.742. The Kier molecular flexibility index (Phi) is 2.29. The van der Waals surface area contributed by atoms with E-state index in [1.54, 1.807) is 5.57 Å². The molecule has 0 bridgehead atoms. The Hall–Kier alpha value is 0.470. The molecular formula is C14H21I. The molecule has 0 saturated heterocycles. The lowest BCUT2D eigenvalue weighted by Gasteiger charge is -2.34. The third kappa shape index (κ3) is 1.19. The standard InChI is InChI=1S/C14H21I/c1-8-6-7-14-9(2)4-5-11(10(3)15)13(14)12(8)14/h6,9-13H,4-5,7H2,1-3H3/t9-,10?,11+,12?,13-,14?/m0/s1. The Morgan fingerprint density at radius 2 is 2.20 bits per heavy atom. The summed E-state index contributed by atoms with van der Waals surface area (Å²) in [5, 5.41) is 0. The molecule has 0 aromatic heterocycles. The quantitative estimate of drug-likeness (QED) is 0.381. The molecule has 3 unspecified atom stereocenters. The van der Waals surface area contributed by atoms with Gasteiger partial charge in [0.15, 0.2) is 0 Å². The molecule has 3 rings (SSSR count). The zero-order valence-corrected chi connectivity index (χ0v) is 12.1. The zero-order chi connectivity index (χ0) is 10.8. The predicted octanol–water partition coefficient (Wildman–Crippen LogP) is 4.44. The van der Waals surface area contributed by atoms with Gasteiger partial charge in [-0.05, 0) is 55.3 Å². The first-order chi connectivity index (χ1) is 7.09. The van der Waals surface area contributed by atoms with Crippen LogP contribution in [-0.2, 0) is 0 Å². The van der Waals surface area contributed by atoms with E-state index in [4.69, 9.17) is 0 Å². The van der Waals surface area contributed by atoms with E-state index in [0.29, 0.717) is 0 Å². The predicted molar refractivity (Wildman–Crippen MR) is 73.2 cm³/mol. The lowest BCUT2D eigenvalue weighted by Crippen LogP contribution is -2.28. The molecule has 2 fully saturated rings. The molecule has 0 aromatic carbocycles. The summed E-state index contributed by atoms with van der Waals surface area (Å²) >= 11 is 2.66. The van der Waals surface area contributed by atoms with Crippen molar-refractivity contribution in [1.82, 2.24) is 0 Å². The van der Waals surface area contributed by atoms with Crippen LogP contribution in [0.25, 0.3) is 0 Å². The van der Waals surface area contributed by atoms with Crippen molar-refractivity contribution >= 4 is 22.6 Å². The van der Waals surface area contributed by atoms with Crippen LogP contribution in [0, 0.1) is 29.1 Å². The van der Waals surface area contributed by atoms with Gasteiger partial charge in [-0.15, -0.1) is 0 Å². The van der Waals surface area contributed by atoms with Crippen LogP contribution in [0.4, 0.5) is 0 Å². The van der Waals surface area contributed by atoms with Crippen molar-refractivity contribution in [2.24, 2.45) is 29.1 Å². The number of alkyl halides is 1. The van der Waals surface area contributed by atoms with E-state index in [0.717, 1.165) is 33.0 Å². The van der Waals surface area contributed by atoms with Crippen LogP contribution in [-0.4, -0.2) is 3.92 Å². The molecule has 3 aliphatic carbocycles. The SMILES string of the molecule is CC1=CCC23C1[C@@H]2[C@@H](C(C)I)CC[C@@H]3C. The second-order valence-corrected chi connectivity index (χ2v) is 8.05. The minimum absolute atomic E-state index is 0.742. The van der Waals surface area contributed by atoms with Crippen molar-refractivity contribution in [3.8, 4) is 0 Å². The molecule has 84 valence electrons. The second kappa shape index (κ2) is 3.24. The summed E-state index contributed by atoms with van der Waals surface area (Å²) in [6.07, 6.45) is 6.89. The van der Waals surface area contributed by atoms with Gasteiger partial charge in [-0.3, -0.25) is 0 Å². The molecule has 0 nitrogen and oxygen atoms in total. The van der Waals surface area contributed by atoms with Gasteiger partial charge >= 0.3 is 0 Å². The van der Waals surface area contributed by atoms with Crippen LogP contribution in [0.3, 0.4) is 0 Å². The van der Waals surface area contributed by atoms with Gasteiger partial charge in [-0.2, -0.15) is 0 Å². The molecule has 0 N–H and O–H groups in total. The average molecular weight is 316 g/mol. The highest BCUT2D eigenvalue weighted by Crippen LogP contribution is 2.77. The highest BCUT2D eigenvalue weighted by atomic mass is 127. The van der Waals surface area contributed by atoms with Gasteiger partial charge in [0.1, 0.15) is 0 Å². The Labute approximate surface area is 107 Å². The first-order valence-corrected chi connectivity index (χ1v) is 7.64. The molecule has 0 radical (unpaired) electrons. The van der Waals surface area contributed by atoms with E-state index in [2.05, 4.69) is 49.4 Å². The molecule has 0 aliphatic heterocycles. The largest absolute Gasteiger partial charge is 0.0847 e. The Bertz CT molecular complexity index is 317. The van der Waals surface area contributed by atoms with Gasteiger partial charge in [0.05, 0.1) is 0 Å². The molecule has 6 atom stereocenters. The third-order valence-corrected chi connectivity index (χ3v) is 6.54. The molecular weight excluding hydrogens is 295 g/mol. The maximum absolute atomic E-state index is 2.66. The summed E-state index contributed by atoms with van der Waals surface area (Å²) in [6.45, 7) is 7.30. The fourth-order valence-corrected chi connectivity index (χ4v) is 5.62. The van der Waals surface area contributed by atoms with Gasteiger partial charge in [-0.1, -0.05) is 48.1 Å². The Morgan fingerprint density at radius 1 is 1.47 bits per heavy atom. The normalized spacial score (nSPS) is 54.3. The number of allylic oxidation sites excluding steroid dienone is 2. The first kappa shape index (κ1) is 10.6. The van der Waals surface area contributed by atoms with Crippen LogP contribution in [0.2, 0.25) is 0 Å². The molecule has 1 heteroatoms. The lowest BCUT2D eigenvalue weighted by molar-refractivity contribution is 0.183. The molecule has 15 heavy (non-hydrogen) atoms. The van der Waals surface area contributed by atoms with Crippen molar-refractivity contribution in [3.05, 3.63) is 11.6 Å². The summed E-state index contributed by atoms with van der Waals surface area (Å²) in [5.74, 6) is 4.03. The third-order valence-electron chi connectivity index (χ3n) is 5.62. The monoisotopic (exact) mass is 316 g/mol. The number of rotatable bonds is 1. The van der Waals surface area contributed by atoms with Gasteiger partial charge in [-0.25, -0.2) is 0 Å². The fourth-order valence-electron chi connectivity index (χ4n) is 4.81. The van der Waals surface area contributed by atoms with Crippen molar-refractivity contribution in [3.63, 3.8) is 0 Å². The Balaban J connectivity index is 1.91. The smallest absolute Gasteiger partial charge is 0.0113 e. The molecule has 0 amide bonds. The summed E-state index contributed by atoms with van der Waals surface area (Å²) in [5.41, 5.74) is 2.46. The topological polar surface area (TPSA) is 0 Å². The maximum Gasteiger partial charge on any atom is 0.0113 e. The highest BCUT2D eigenvalue weighted by molar-refractivity contribution is 14.1.